The quantitative estimate of drug-likeness (QED) is 0.769. The Morgan fingerprint density at radius 1 is 1.36 bits per heavy atom. The lowest BCUT2D eigenvalue weighted by Crippen LogP contribution is -1.95. The topological polar surface area (TPSA) is 22.0 Å². The fourth-order valence-electron chi connectivity index (χ4n) is 1.57. The van der Waals surface area contributed by atoms with Crippen LogP contribution in [0.15, 0.2) is 34.9 Å². The third kappa shape index (κ3) is 1.60. The highest BCUT2D eigenvalue weighted by Crippen LogP contribution is 2.24. The number of nitrogens with zero attached hydrogens (tertiary/aromatic N) is 1. The Balaban J connectivity index is 2.47. The van der Waals surface area contributed by atoms with Gasteiger partial charge in [0.1, 0.15) is 6.29 Å². The Labute approximate surface area is 90.7 Å². The van der Waals surface area contributed by atoms with Crippen LogP contribution in [-0.4, -0.2) is 10.9 Å². The highest BCUT2D eigenvalue weighted by atomic mass is 79.9. The highest BCUT2D eigenvalue weighted by molar-refractivity contribution is 9.10. The number of halogens is 1. The monoisotopic (exact) mass is 251 g/mol. The summed E-state index contributed by atoms with van der Waals surface area (Å²) in [5, 5.41) is 1.19. The first-order chi connectivity index (χ1) is 6.83. The summed E-state index contributed by atoms with van der Waals surface area (Å²) < 4.78 is 3.19. The molecule has 1 aromatic carbocycles. The Kier molecular flexibility index (Phi) is 2.68. The summed E-state index contributed by atoms with van der Waals surface area (Å²) in [5.41, 5.74) is 1.17. The van der Waals surface area contributed by atoms with E-state index in [1.807, 2.05) is 18.3 Å². The number of rotatable bonds is 3. The summed E-state index contributed by atoms with van der Waals surface area (Å²) in [5.74, 6) is 0. The molecule has 2 nitrogen and oxygen atoms in total. The molecule has 0 fully saturated rings. The predicted molar refractivity (Wildman–Crippen MR) is 60.3 cm³/mol. The van der Waals surface area contributed by atoms with Crippen LogP contribution in [0.5, 0.6) is 0 Å². The van der Waals surface area contributed by atoms with E-state index in [0.29, 0.717) is 6.42 Å². The van der Waals surface area contributed by atoms with Crippen LogP contribution in [-0.2, 0) is 11.3 Å². The largest absolute Gasteiger partial charge is 0.347 e. The lowest BCUT2D eigenvalue weighted by atomic mass is 10.2. The second kappa shape index (κ2) is 3.96. The Hall–Kier alpha value is -1.09. The molecule has 0 saturated heterocycles. The van der Waals surface area contributed by atoms with Gasteiger partial charge in [0.15, 0.2) is 0 Å². The average molecular weight is 252 g/mol. The van der Waals surface area contributed by atoms with Crippen molar-refractivity contribution in [3.05, 3.63) is 34.9 Å². The molecular formula is C11H10BrNO. The second-order valence-electron chi connectivity index (χ2n) is 3.14. The van der Waals surface area contributed by atoms with Crippen LogP contribution >= 0.6 is 15.9 Å². The maximum Gasteiger partial charge on any atom is 0.121 e. The van der Waals surface area contributed by atoms with Gasteiger partial charge in [-0.2, -0.15) is 0 Å². The van der Waals surface area contributed by atoms with Crippen LogP contribution < -0.4 is 0 Å². The summed E-state index contributed by atoms with van der Waals surface area (Å²) >= 11 is 3.50. The lowest BCUT2D eigenvalue weighted by molar-refractivity contribution is -0.108. The number of aldehydes is 1. The fraction of sp³-hybridized carbons (Fsp3) is 0.182. The van der Waals surface area contributed by atoms with E-state index < -0.39 is 0 Å². The highest BCUT2D eigenvalue weighted by Gasteiger charge is 2.02. The zero-order valence-electron chi connectivity index (χ0n) is 7.61. The van der Waals surface area contributed by atoms with Crippen LogP contribution in [0.3, 0.4) is 0 Å². The maximum atomic E-state index is 10.3. The van der Waals surface area contributed by atoms with Crippen molar-refractivity contribution in [2.24, 2.45) is 0 Å². The van der Waals surface area contributed by atoms with Gasteiger partial charge in [-0.1, -0.05) is 22.0 Å². The molecule has 0 radical (unpaired) electrons. The van der Waals surface area contributed by atoms with Crippen LogP contribution in [0, 0.1) is 0 Å². The molecule has 0 aliphatic heterocycles. The lowest BCUT2D eigenvalue weighted by Gasteiger charge is -2.02. The molecule has 1 heterocycles. The molecule has 2 aromatic rings. The molecule has 1 aromatic heterocycles. The number of benzene rings is 1. The van der Waals surface area contributed by atoms with E-state index >= 15 is 0 Å². The molecule has 2 rings (SSSR count). The van der Waals surface area contributed by atoms with Gasteiger partial charge < -0.3 is 9.36 Å². The Bertz CT molecular complexity index is 461. The van der Waals surface area contributed by atoms with Gasteiger partial charge in [0, 0.05) is 34.5 Å². The molecule has 72 valence electrons. The first-order valence-electron chi connectivity index (χ1n) is 4.50. The van der Waals surface area contributed by atoms with E-state index in [4.69, 9.17) is 0 Å². The molecular weight excluding hydrogens is 242 g/mol. The van der Waals surface area contributed by atoms with Gasteiger partial charge in [0.05, 0.1) is 0 Å². The van der Waals surface area contributed by atoms with Crippen molar-refractivity contribution < 1.29 is 4.79 Å². The molecule has 0 saturated carbocycles. The van der Waals surface area contributed by atoms with E-state index in [1.54, 1.807) is 0 Å². The molecule has 3 heteroatoms. The third-order valence-corrected chi connectivity index (χ3v) is 2.94. The van der Waals surface area contributed by atoms with Gasteiger partial charge in [-0.05, 0) is 18.2 Å². The number of carbonyl (C=O) groups is 1. The van der Waals surface area contributed by atoms with Gasteiger partial charge >= 0.3 is 0 Å². The molecule has 0 atom stereocenters. The summed E-state index contributed by atoms with van der Waals surface area (Å²) in [7, 11) is 0. The van der Waals surface area contributed by atoms with Gasteiger partial charge in [0.2, 0.25) is 0 Å². The van der Waals surface area contributed by atoms with E-state index in [9.17, 15) is 4.79 Å². The summed E-state index contributed by atoms with van der Waals surface area (Å²) in [4.78, 5) is 10.3. The van der Waals surface area contributed by atoms with E-state index in [1.165, 1.54) is 10.9 Å². The molecule has 0 amide bonds. The summed E-state index contributed by atoms with van der Waals surface area (Å²) in [6, 6.07) is 8.14. The minimum Gasteiger partial charge on any atom is -0.347 e. The van der Waals surface area contributed by atoms with Crippen molar-refractivity contribution in [3.8, 4) is 0 Å². The minimum absolute atomic E-state index is 0.566. The number of aryl methyl sites for hydroxylation is 1. The second-order valence-corrected chi connectivity index (χ2v) is 3.99. The standard InChI is InChI=1S/C11H10BrNO/c12-10-3-1-4-11-9(10)5-7-13(11)6-2-8-14/h1,3-5,7-8H,2,6H2. The summed E-state index contributed by atoms with van der Waals surface area (Å²) in [6.45, 7) is 0.753. The molecule has 14 heavy (non-hydrogen) atoms. The smallest absolute Gasteiger partial charge is 0.121 e. The van der Waals surface area contributed by atoms with Crippen LogP contribution in [0.2, 0.25) is 0 Å². The van der Waals surface area contributed by atoms with Gasteiger partial charge in [0.25, 0.3) is 0 Å². The maximum absolute atomic E-state index is 10.3. The average Bonchev–Trinajstić information content (AvgIpc) is 2.60. The van der Waals surface area contributed by atoms with Crippen molar-refractivity contribution in [1.29, 1.82) is 0 Å². The Morgan fingerprint density at radius 2 is 2.21 bits per heavy atom. The van der Waals surface area contributed by atoms with Crippen molar-refractivity contribution in [2.45, 2.75) is 13.0 Å². The van der Waals surface area contributed by atoms with E-state index in [0.717, 1.165) is 17.3 Å². The predicted octanol–water partition coefficient (Wildman–Crippen LogP) is 2.99. The minimum atomic E-state index is 0.566. The zero-order valence-corrected chi connectivity index (χ0v) is 9.20. The van der Waals surface area contributed by atoms with Crippen LogP contribution in [0.25, 0.3) is 10.9 Å². The number of carbonyl (C=O) groups excluding carboxylic acids is 1. The number of aromatic nitrogens is 1. The van der Waals surface area contributed by atoms with Crippen LogP contribution in [0.1, 0.15) is 6.42 Å². The SMILES string of the molecule is O=CCCn1ccc2c(Br)cccc21. The number of fused-ring (bicyclic) bond motifs is 1. The fourth-order valence-corrected chi connectivity index (χ4v) is 2.06. The van der Waals surface area contributed by atoms with Gasteiger partial charge in [-0.15, -0.1) is 0 Å². The van der Waals surface area contributed by atoms with Crippen LogP contribution in [0.4, 0.5) is 0 Å². The van der Waals surface area contributed by atoms with Gasteiger partial charge in [-0.25, -0.2) is 0 Å². The van der Waals surface area contributed by atoms with Crippen molar-refractivity contribution in [1.82, 2.24) is 4.57 Å². The number of hydrogen-bond acceptors (Lipinski definition) is 1. The number of hydrogen-bond donors (Lipinski definition) is 0. The van der Waals surface area contributed by atoms with E-state index in [2.05, 4.69) is 32.6 Å². The summed E-state index contributed by atoms with van der Waals surface area (Å²) in [6.07, 6.45) is 3.53. The molecule has 0 spiro atoms. The first kappa shape index (κ1) is 9.46. The molecule has 0 unspecified atom stereocenters. The first-order valence-corrected chi connectivity index (χ1v) is 5.29. The van der Waals surface area contributed by atoms with Crippen molar-refractivity contribution in [3.63, 3.8) is 0 Å². The van der Waals surface area contributed by atoms with E-state index in [-0.39, 0.29) is 0 Å². The molecule has 0 N–H and O–H groups in total. The normalized spacial score (nSPS) is 10.6. The van der Waals surface area contributed by atoms with Crippen molar-refractivity contribution >= 4 is 33.1 Å². The third-order valence-electron chi connectivity index (χ3n) is 2.25. The van der Waals surface area contributed by atoms with Gasteiger partial charge in [-0.3, -0.25) is 0 Å². The molecule has 0 aliphatic carbocycles. The zero-order chi connectivity index (χ0) is 9.97. The molecule has 0 bridgehead atoms. The Morgan fingerprint density at radius 3 is 3.00 bits per heavy atom. The van der Waals surface area contributed by atoms with Crippen molar-refractivity contribution in [2.75, 3.05) is 0 Å². The molecule has 0 aliphatic rings.